The van der Waals surface area contributed by atoms with Gasteiger partial charge in [-0.15, -0.1) is 0 Å². The van der Waals surface area contributed by atoms with Crippen LogP contribution in [-0.4, -0.2) is 53.8 Å². The lowest BCUT2D eigenvalue weighted by Crippen LogP contribution is -2.29. The fraction of sp³-hybridized carbons (Fsp3) is 0.360. The molecule has 0 bridgehead atoms. The van der Waals surface area contributed by atoms with E-state index >= 15 is 0 Å². The molecule has 186 valence electrons. The predicted octanol–water partition coefficient (Wildman–Crippen LogP) is 2.95. The average Bonchev–Trinajstić information content (AvgIpc) is 3.62. The highest BCUT2D eigenvalue weighted by Gasteiger charge is 2.17. The number of anilines is 2. The zero-order valence-corrected chi connectivity index (χ0v) is 20.4. The summed E-state index contributed by atoms with van der Waals surface area (Å²) in [6, 6.07) is 2.24. The Morgan fingerprint density at radius 2 is 1.86 bits per heavy atom. The fourth-order valence-electron chi connectivity index (χ4n) is 4.42. The number of fused-ring (bicyclic) bond motifs is 1. The second kappa shape index (κ2) is 10.2. The first-order valence-corrected chi connectivity index (χ1v) is 12.1. The molecule has 4 heterocycles. The van der Waals surface area contributed by atoms with Crippen LogP contribution in [0.5, 0.6) is 0 Å². The van der Waals surface area contributed by atoms with E-state index in [2.05, 4.69) is 36.1 Å². The van der Waals surface area contributed by atoms with Crippen molar-refractivity contribution in [1.82, 2.24) is 34.7 Å². The van der Waals surface area contributed by atoms with Crippen molar-refractivity contribution in [2.24, 2.45) is 7.05 Å². The van der Waals surface area contributed by atoms with Crippen molar-refractivity contribution in [3.63, 3.8) is 0 Å². The molecule has 1 aliphatic carbocycles. The first-order valence-electron chi connectivity index (χ1n) is 12.1. The van der Waals surface area contributed by atoms with E-state index in [-0.39, 0.29) is 11.8 Å². The Morgan fingerprint density at radius 3 is 2.64 bits per heavy atom. The Hall–Kier alpha value is -4.12. The van der Waals surface area contributed by atoms with Gasteiger partial charge in [-0.2, -0.15) is 10.2 Å². The van der Waals surface area contributed by atoms with Gasteiger partial charge in [0, 0.05) is 37.8 Å². The Bertz CT molecular complexity index is 1400. The zero-order valence-electron chi connectivity index (χ0n) is 20.4. The van der Waals surface area contributed by atoms with Crippen LogP contribution in [-0.2, 0) is 11.8 Å². The molecule has 11 nitrogen and oxygen atoms in total. The molecule has 36 heavy (non-hydrogen) atoms. The van der Waals surface area contributed by atoms with Gasteiger partial charge in [-0.1, -0.05) is 12.8 Å². The van der Waals surface area contributed by atoms with E-state index in [1.54, 1.807) is 47.0 Å². The van der Waals surface area contributed by atoms with E-state index < -0.39 is 0 Å². The van der Waals surface area contributed by atoms with Gasteiger partial charge in [0.2, 0.25) is 5.91 Å². The Labute approximate surface area is 208 Å². The standard InChI is InChI=1S/C25H29N9O2/c1-16-21(9-19(11-27-16)31-24(35)7-8-26-18-5-3-4-6-18)32-25(36)20-12-30-34-15-22(28-13-23(20)34)17-10-29-33(2)14-17/h9-15,18,26H,3-8H2,1-2H3,(H,31,35)(H,32,36). The van der Waals surface area contributed by atoms with Crippen molar-refractivity contribution in [3.05, 3.63) is 54.5 Å². The van der Waals surface area contributed by atoms with Crippen molar-refractivity contribution in [2.75, 3.05) is 17.2 Å². The minimum atomic E-state index is -0.338. The Morgan fingerprint density at radius 1 is 1.03 bits per heavy atom. The highest BCUT2D eigenvalue weighted by molar-refractivity contribution is 6.09. The van der Waals surface area contributed by atoms with Gasteiger partial charge in [0.1, 0.15) is 0 Å². The van der Waals surface area contributed by atoms with Gasteiger partial charge in [0.25, 0.3) is 5.91 Å². The summed E-state index contributed by atoms with van der Waals surface area (Å²) in [5, 5.41) is 17.7. The molecule has 1 saturated carbocycles. The largest absolute Gasteiger partial charge is 0.325 e. The molecule has 1 aliphatic rings. The molecular formula is C25H29N9O2. The molecular weight excluding hydrogens is 458 g/mol. The number of aryl methyl sites for hydroxylation is 2. The maximum atomic E-state index is 13.1. The van der Waals surface area contributed by atoms with E-state index in [1.165, 1.54) is 31.9 Å². The van der Waals surface area contributed by atoms with Crippen LogP contribution in [0.15, 0.2) is 43.2 Å². The lowest BCUT2D eigenvalue weighted by atomic mass is 10.2. The summed E-state index contributed by atoms with van der Waals surface area (Å²) >= 11 is 0. The first-order chi connectivity index (χ1) is 17.5. The van der Waals surface area contributed by atoms with Crippen molar-refractivity contribution < 1.29 is 9.59 Å². The SMILES string of the molecule is Cc1ncc(NC(=O)CCNC2CCCC2)cc1NC(=O)c1cnn2cc(-c3cnn(C)c3)ncc12. The number of nitrogens with zero attached hydrogens (tertiary/aromatic N) is 6. The van der Waals surface area contributed by atoms with Gasteiger partial charge in [-0.25, -0.2) is 4.52 Å². The normalized spacial score (nSPS) is 13.8. The van der Waals surface area contributed by atoms with Crippen molar-refractivity contribution in [1.29, 1.82) is 0 Å². The lowest BCUT2D eigenvalue weighted by Gasteiger charge is -2.12. The predicted molar refractivity (Wildman–Crippen MR) is 136 cm³/mol. The van der Waals surface area contributed by atoms with Gasteiger partial charge < -0.3 is 16.0 Å². The summed E-state index contributed by atoms with van der Waals surface area (Å²) in [5.74, 6) is -0.434. The molecule has 0 aromatic carbocycles. The molecule has 0 saturated heterocycles. The third kappa shape index (κ3) is 5.25. The third-order valence-electron chi connectivity index (χ3n) is 6.41. The van der Waals surface area contributed by atoms with Crippen LogP contribution in [0, 0.1) is 6.92 Å². The summed E-state index contributed by atoms with van der Waals surface area (Å²) in [4.78, 5) is 34.3. The molecule has 4 aromatic rings. The van der Waals surface area contributed by atoms with Gasteiger partial charge in [0.15, 0.2) is 0 Å². The summed E-state index contributed by atoms with van der Waals surface area (Å²) in [6.45, 7) is 2.44. The van der Waals surface area contributed by atoms with E-state index in [4.69, 9.17) is 0 Å². The first kappa shape index (κ1) is 23.6. The molecule has 11 heteroatoms. The molecule has 0 spiro atoms. The molecule has 0 unspecified atom stereocenters. The van der Waals surface area contributed by atoms with E-state index in [0.717, 1.165) is 5.56 Å². The molecule has 1 fully saturated rings. The van der Waals surface area contributed by atoms with Crippen LogP contribution < -0.4 is 16.0 Å². The van der Waals surface area contributed by atoms with Crippen LogP contribution in [0.1, 0.15) is 48.2 Å². The molecule has 0 atom stereocenters. The summed E-state index contributed by atoms with van der Waals surface area (Å²) in [6.07, 6.45) is 15.3. The molecule has 5 rings (SSSR count). The lowest BCUT2D eigenvalue weighted by molar-refractivity contribution is -0.116. The Kier molecular flexibility index (Phi) is 6.72. The quantitative estimate of drug-likeness (QED) is 0.348. The summed E-state index contributed by atoms with van der Waals surface area (Å²) in [5.41, 5.74) is 4.20. The van der Waals surface area contributed by atoms with E-state index in [9.17, 15) is 9.59 Å². The van der Waals surface area contributed by atoms with Gasteiger partial charge >= 0.3 is 0 Å². The number of hydrogen-bond donors (Lipinski definition) is 3. The van der Waals surface area contributed by atoms with Gasteiger partial charge in [-0.3, -0.25) is 24.2 Å². The van der Waals surface area contributed by atoms with Crippen LogP contribution in [0.3, 0.4) is 0 Å². The molecule has 2 amide bonds. The third-order valence-corrected chi connectivity index (χ3v) is 6.41. The molecule has 3 N–H and O–H groups in total. The van der Waals surface area contributed by atoms with Crippen molar-refractivity contribution in [3.8, 4) is 11.3 Å². The topological polar surface area (TPSA) is 131 Å². The number of rotatable bonds is 8. The zero-order chi connectivity index (χ0) is 25.1. The minimum Gasteiger partial charge on any atom is -0.325 e. The molecule has 0 radical (unpaired) electrons. The highest BCUT2D eigenvalue weighted by atomic mass is 16.2. The van der Waals surface area contributed by atoms with Gasteiger partial charge in [-0.05, 0) is 25.8 Å². The number of carbonyl (C=O) groups is 2. The number of hydrogen-bond acceptors (Lipinski definition) is 7. The van der Waals surface area contributed by atoms with Crippen molar-refractivity contribution in [2.45, 2.75) is 45.1 Å². The monoisotopic (exact) mass is 487 g/mol. The second-order valence-electron chi connectivity index (χ2n) is 9.11. The van der Waals surface area contributed by atoms with Crippen LogP contribution in [0.4, 0.5) is 11.4 Å². The maximum Gasteiger partial charge on any atom is 0.259 e. The van der Waals surface area contributed by atoms with Crippen LogP contribution in [0.25, 0.3) is 16.8 Å². The number of nitrogens with one attached hydrogen (secondary N) is 3. The average molecular weight is 488 g/mol. The molecule has 4 aromatic heterocycles. The van der Waals surface area contributed by atoms with E-state index in [0.29, 0.717) is 52.9 Å². The fourth-order valence-corrected chi connectivity index (χ4v) is 4.42. The maximum absolute atomic E-state index is 13.1. The highest BCUT2D eigenvalue weighted by Crippen LogP contribution is 2.22. The van der Waals surface area contributed by atoms with Gasteiger partial charge in [0.05, 0.1) is 64.8 Å². The number of pyridine rings is 1. The van der Waals surface area contributed by atoms with E-state index in [1.807, 2.05) is 13.2 Å². The van der Waals surface area contributed by atoms with Crippen molar-refractivity contribution >= 4 is 28.7 Å². The smallest absolute Gasteiger partial charge is 0.259 e. The Balaban J connectivity index is 1.24. The summed E-state index contributed by atoms with van der Waals surface area (Å²) < 4.78 is 3.31. The van der Waals surface area contributed by atoms with Crippen LogP contribution >= 0.6 is 0 Å². The second-order valence-corrected chi connectivity index (χ2v) is 9.11. The molecule has 0 aliphatic heterocycles. The number of amides is 2. The minimum absolute atomic E-state index is 0.0958. The number of carbonyl (C=O) groups excluding carboxylic acids is 2. The number of aromatic nitrogens is 6. The van der Waals surface area contributed by atoms with Crippen LogP contribution in [0.2, 0.25) is 0 Å². The summed E-state index contributed by atoms with van der Waals surface area (Å²) in [7, 11) is 1.84.